The fourth-order valence-electron chi connectivity index (χ4n) is 2.62. The van der Waals surface area contributed by atoms with Crippen LogP contribution >= 0.6 is 0 Å². The number of hydrogen-bond acceptors (Lipinski definition) is 4. The van der Waals surface area contributed by atoms with Gasteiger partial charge >= 0.3 is 0 Å². The predicted octanol–water partition coefficient (Wildman–Crippen LogP) is 4.55. The number of ether oxygens (including phenoxy) is 1. The maximum absolute atomic E-state index is 12.4. The zero-order valence-corrected chi connectivity index (χ0v) is 15.2. The highest BCUT2D eigenvalue weighted by atomic mass is 16.5. The molecule has 134 valence electrons. The lowest BCUT2D eigenvalue weighted by molar-refractivity contribution is 0.0943. The van der Waals surface area contributed by atoms with Crippen LogP contribution in [0.15, 0.2) is 59.1 Å². The Labute approximate surface area is 153 Å². The Kier molecular flexibility index (Phi) is 5.37. The Morgan fingerprint density at radius 3 is 2.58 bits per heavy atom. The average molecular weight is 350 g/mol. The summed E-state index contributed by atoms with van der Waals surface area (Å²) in [6, 6.07) is 15.0. The monoisotopic (exact) mass is 350 g/mol. The van der Waals surface area contributed by atoms with E-state index >= 15 is 0 Å². The SMILES string of the molecule is CCOc1ccc(-c2cnc(-c3ccccc3C(=O)NC(C)C)o2)cc1. The molecular formula is C21H22N2O3. The Morgan fingerprint density at radius 1 is 1.15 bits per heavy atom. The van der Waals surface area contributed by atoms with E-state index in [1.54, 1.807) is 12.3 Å². The smallest absolute Gasteiger partial charge is 0.252 e. The van der Waals surface area contributed by atoms with Crippen molar-refractivity contribution in [2.75, 3.05) is 6.61 Å². The van der Waals surface area contributed by atoms with Crippen LogP contribution in [0.3, 0.4) is 0 Å². The highest BCUT2D eigenvalue weighted by molar-refractivity contribution is 6.00. The topological polar surface area (TPSA) is 64.4 Å². The summed E-state index contributed by atoms with van der Waals surface area (Å²) in [7, 11) is 0. The predicted molar refractivity (Wildman–Crippen MR) is 101 cm³/mol. The molecule has 5 heteroatoms. The second-order valence-electron chi connectivity index (χ2n) is 6.16. The Bertz CT molecular complexity index is 882. The molecule has 1 heterocycles. The van der Waals surface area contributed by atoms with E-state index in [4.69, 9.17) is 9.15 Å². The van der Waals surface area contributed by atoms with Crippen LogP contribution in [0.1, 0.15) is 31.1 Å². The van der Waals surface area contributed by atoms with Crippen molar-refractivity contribution in [3.63, 3.8) is 0 Å². The molecular weight excluding hydrogens is 328 g/mol. The van der Waals surface area contributed by atoms with Gasteiger partial charge in [-0.25, -0.2) is 4.98 Å². The lowest BCUT2D eigenvalue weighted by atomic mass is 10.1. The van der Waals surface area contributed by atoms with Gasteiger partial charge in [-0.15, -0.1) is 0 Å². The van der Waals surface area contributed by atoms with Crippen LogP contribution in [0, 0.1) is 0 Å². The second-order valence-corrected chi connectivity index (χ2v) is 6.16. The first-order chi connectivity index (χ1) is 12.6. The molecule has 2 aromatic carbocycles. The average Bonchev–Trinajstić information content (AvgIpc) is 3.12. The van der Waals surface area contributed by atoms with E-state index in [0.29, 0.717) is 29.4 Å². The van der Waals surface area contributed by atoms with Gasteiger partial charge in [-0.2, -0.15) is 0 Å². The van der Waals surface area contributed by atoms with Crippen LogP contribution in [0.4, 0.5) is 0 Å². The molecule has 1 N–H and O–H groups in total. The molecule has 0 saturated heterocycles. The summed E-state index contributed by atoms with van der Waals surface area (Å²) in [6.07, 6.45) is 1.67. The van der Waals surface area contributed by atoms with E-state index in [-0.39, 0.29) is 11.9 Å². The maximum atomic E-state index is 12.4. The van der Waals surface area contributed by atoms with Crippen molar-refractivity contribution in [2.24, 2.45) is 0 Å². The van der Waals surface area contributed by atoms with Crippen molar-refractivity contribution in [1.82, 2.24) is 10.3 Å². The van der Waals surface area contributed by atoms with Crippen LogP contribution in [-0.2, 0) is 0 Å². The van der Waals surface area contributed by atoms with Gasteiger partial charge in [-0.1, -0.05) is 12.1 Å². The third kappa shape index (κ3) is 3.94. The molecule has 26 heavy (non-hydrogen) atoms. The number of rotatable bonds is 6. The van der Waals surface area contributed by atoms with Crippen molar-refractivity contribution in [3.8, 4) is 28.5 Å². The van der Waals surface area contributed by atoms with Gasteiger partial charge in [0.25, 0.3) is 5.91 Å². The first kappa shape index (κ1) is 17.7. The summed E-state index contributed by atoms with van der Waals surface area (Å²) in [4.78, 5) is 16.8. The van der Waals surface area contributed by atoms with Gasteiger partial charge in [-0.3, -0.25) is 4.79 Å². The highest BCUT2D eigenvalue weighted by Gasteiger charge is 2.17. The molecule has 0 saturated carbocycles. The maximum Gasteiger partial charge on any atom is 0.252 e. The summed E-state index contributed by atoms with van der Waals surface area (Å²) in [5.74, 6) is 1.73. The molecule has 3 rings (SSSR count). The molecule has 0 unspecified atom stereocenters. The van der Waals surface area contributed by atoms with Crippen LogP contribution in [0.25, 0.3) is 22.8 Å². The molecule has 0 radical (unpaired) electrons. The zero-order valence-electron chi connectivity index (χ0n) is 15.2. The number of benzene rings is 2. The molecule has 0 aliphatic rings. The van der Waals surface area contributed by atoms with Crippen LogP contribution < -0.4 is 10.1 Å². The number of oxazole rings is 1. The lowest BCUT2D eigenvalue weighted by Gasteiger charge is -2.10. The van der Waals surface area contributed by atoms with Gasteiger partial charge in [0, 0.05) is 17.2 Å². The summed E-state index contributed by atoms with van der Waals surface area (Å²) in [5, 5.41) is 2.90. The van der Waals surface area contributed by atoms with Gasteiger partial charge in [-0.05, 0) is 57.2 Å². The van der Waals surface area contributed by atoms with Crippen molar-refractivity contribution in [1.29, 1.82) is 0 Å². The molecule has 0 spiro atoms. The third-order valence-corrected chi connectivity index (χ3v) is 3.78. The first-order valence-electron chi connectivity index (χ1n) is 8.67. The van der Waals surface area contributed by atoms with E-state index in [2.05, 4.69) is 10.3 Å². The zero-order chi connectivity index (χ0) is 18.5. The molecule has 0 fully saturated rings. The number of carbonyl (C=O) groups is 1. The Morgan fingerprint density at radius 2 is 1.88 bits per heavy atom. The van der Waals surface area contributed by atoms with E-state index in [0.717, 1.165) is 11.3 Å². The standard InChI is InChI=1S/C21H22N2O3/c1-4-25-16-11-9-15(10-12-16)19-13-22-21(26-19)18-8-6-5-7-17(18)20(24)23-14(2)3/h5-14H,4H2,1-3H3,(H,23,24). The number of aromatic nitrogens is 1. The van der Waals surface area contributed by atoms with Gasteiger partial charge in [0.15, 0.2) is 5.76 Å². The highest BCUT2D eigenvalue weighted by Crippen LogP contribution is 2.29. The van der Waals surface area contributed by atoms with E-state index in [1.165, 1.54) is 0 Å². The van der Waals surface area contributed by atoms with Gasteiger partial charge in [0.1, 0.15) is 5.75 Å². The number of amides is 1. The van der Waals surface area contributed by atoms with E-state index in [1.807, 2.05) is 63.2 Å². The van der Waals surface area contributed by atoms with E-state index < -0.39 is 0 Å². The third-order valence-electron chi connectivity index (χ3n) is 3.78. The number of hydrogen-bond donors (Lipinski definition) is 1. The van der Waals surface area contributed by atoms with Gasteiger partial charge in [0.2, 0.25) is 5.89 Å². The molecule has 1 amide bonds. The summed E-state index contributed by atoms with van der Waals surface area (Å²) in [5.41, 5.74) is 2.11. The fourth-order valence-corrected chi connectivity index (χ4v) is 2.62. The summed E-state index contributed by atoms with van der Waals surface area (Å²) in [6.45, 7) is 6.43. The van der Waals surface area contributed by atoms with Crippen molar-refractivity contribution in [2.45, 2.75) is 26.8 Å². The van der Waals surface area contributed by atoms with E-state index in [9.17, 15) is 4.79 Å². The first-order valence-corrected chi connectivity index (χ1v) is 8.67. The number of nitrogens with zero attached hydrogens (tertiary/aromatic N) is 1. The number of carbonyl (C=O) groups excluding carboxylic acids is 1. The minimum Gasteiger partial charge on any atom is -0.494 e. The lowest BCUT2D eigenvalue weighted by Crippen LogP contribution is -2.30. The molecule has 3 aromatic rings. The molecule has 0 aliphatic carbocycles. The molecule has 0 atom stereocenters. The largest absolute Gasteiger partial charge is 0.494 e. The minimum atomic E-state index is -0.142. The van der Waals surface area contributed by atoms with Crippen LogP contribution in [0.2, 0.25) is 0 Å². The van der Waals surface area contributed by atoms with Gasteiger partial charge < -0.3 is 14.5 Å². The normalized spacial score (nSPS) is 10.8. The molecule has 5 nitrogen and oxygen atoms in total. The van der Waals surface area contributed by atoms with Crippen LogP contribution in [0.5, 0.6) is 5.75 Å². The quantitative estimate of drug-likeness (QED) is 0.708. The fraction of sp³-hybridized carbons (Fsp3) is 0.238. The van der Waals surface area contributed by atoms with Crippen LogP contribution in [-0.4, -0.2) is 23.5 Å². The molecule has 0 aliphatic heterocycles. The second kappa shape index (κ2) is 7.87. The number of nitrogens with one attached hydrogen (secondary N) is 1. The Hall–Kier alpha value is -3.08. The molecule has 0 bridgehead atoms. The Balaban J connectivity index is 1.89. The molecule has 1 aromatic heterocycles. The van der Waals surface area contributed by atoms with Crippen molar-refractivity contribution >= 4 is 5.91 Å². The summed E-state index contributed by atoms with van der Waals surface area (Å²) >= 11 is 0. The van der Waals surface area contributed by atoms with Gasteiger partial charge in [0.05, 0.1) is 18.4 Å². The summed E-state index contributed by atoms with van der Waals surface area (Å²) < 4.78 is 11.4. The van der Waals surface area contributed by atoms with Crippen molar-refractivity contribution in [3.05, 3.63) is 60.3 Å². The minimum absolute atomic E-state index is 0.0551. The van der Waals surface area contributed by atoms with Crippen molar-refractivity contribution < 1.29 is 13.9 Å².